The predicted octanol–water partition coefficient (Wildman–Crippen LogP) is 6.49. The number of carbonyl (C=O) groups is 1. The van der Waals surface area contributed by atoms with Crippen molar-refractivity contribution in [2.45, 2.75) is 27.2 Å². The van der Waals surface area contributed by atoms with Crippen molar-refractivity contribution < 1.29 is 13.9 Å². The van der Waals surface area contributed by atoms with Crippen LogP contribution >= 0.6 is 0 Å². The summed E-state index contributed by atoms with van der Waals surface area (Å²) in [7, 11) is 1.65. The number of furan rings is 1. The summed E-state index contributed by atoms with van der Waals surface area (Å²) in [6, 6.07) is 20.6. The average molecular weight is 440 g/mol. The highest BCUT2D eigenvalue weighted by Crippen LogP contribution is 2.40. The van der Waals surface area contributed by atoms with Gasteiger partial charge in [-0.3, -0.25) is 4.79 Å². The van der Waals surface area contributed by atoms with E-state index in [4.69, 9.17) is 9.15 Å². The van der Waals surface area contributed by atoms with Crippen LogP contribution in [0.1, 0.15) is 29.2 Å². The second-order valence-corrected chi connectivity index (χ2v) is 8.33. The van der Waals surface area contributed by atoms with Crippen LogP contribution in [0, 0.1) is 13.8 Å². The number of hydrogen-bond donors (Lipinski definition) is 1. The second kappa shape index (κ2) is 9.78. The van der Waals surface area contributed by atoms with Gasteiger partial charge in [0, 0.05) is 34.7 Å². The zero-order valence-corrected chi connectivity index (χ0v) is 19.6. The third-order valence-corrected chi connectivity index (χ3v) is 5.94. The van der Waals surface area contributed by atoms with Crippen LogP contribution in [0.3, 0.4) is 0 Å². The highest BCUT2D eigenvalue weighted by atomic mass is 16.5. The number of carbonyl (C=O) groups excluding carboxylic acids is 1. The molecule has 4 aromatic rings. The van der Waals surface area contributed by atoms with Gasteiger partial charge < -0.3 is 14.5 Å². The van der Waals surface area contributed by atoms with Crippen molar-refractivity contribution in [3.05, 3.63) is 95.3 Å². The number of aryl methyl sites for hydroxylation is 2. The molecule has 1 heterocycles. The largest absolute Gasteiger partial charge is 0.496 e. The first kappa shape index (κ1) is 22.4. The van der Waals surface area contributed by atoms with Gasteiger partial charge in [-0.2, -0.15) is 0 Å². The Labute approximate surface area is 194 Å². The molecule has 168 valence electrons. The number of fused-ring (bicyclic) bond motifs is 1. The molecule has 1 N–H and O–H groups in total. The molecule has 0 aliphatic rings. The predicted molar refractivity (Wildman–Crippen MR) is 134 cm³/mol. The maximum Gasteiger partial charge on any atom is 0.244 e. The van der Waals surface area contributed by atoms with Crippen LogP contribution in [0.5, 0.6) is 5.75 Å². The van der Waals surface area contributed by atoms with E-state index < -0.39 is 0 Å². The van der Waals surface area contributed by atoms with Gasteiger partial charge in [-0.15, -0.1) is 0 Å². The number of hydrogen-bond acceptors (Lipinski definition) is 3. The van der Waals surface area contributed by atoms with E-state index in [1.54, 1.807) is 19.4 Å². The van der Waals surface area contributed by atoms with Gasteiger partial charge in [0.2, 0.25) is 5.91 Å². The van der Waals surface area contributed by atoms with E-state index in [1.807, 2.05) is 32.0 Å². The van der Waals surface area contributed by atoms with Gasteiger partial charge in [0.05, 0.1) is 13.4 Å². The van der Waals surface area contributed by atoms with Crippen molar-refractivity contribution in [3.63, 3.8) is 0 Å². The summed E-state index contributed by atoms with van der Waals surface area (Å²) in [5, 5.41) is 3.99. The number of nitrogens with one attached hydrogen (secondary N) is 1. The van der Waals surface area contributed by atoms with Crippen molar-refractivity contribution >= 4 is 22.4 Å². The molecule has 1 aromatic heterocycles. The highest BCUT2D eigenvalue weighted by molar-refractivity contribution is 6.01. The lowest BCUT2D eigenvalue weighted by atomic mass is 9.96. The first-order valence-corrected chi connectivity index (χ1v) is 11.1. The molecule has 0 spiro atoms. The van der Waals surface area contributed by atoms with E-state index in [9.17, 15) is 4.79 Å². The number of allylic oxidation sites excluding steroid dienone is 1. The number of methoxy groups -OCH3 is 1. The number of amides is 1. The van der Waals surface area contributed by atoms with Gasteiger partial charge in [-0.05, 0) is 50.0 Å². The third-order valence-electron chi connectivity index (χ3n) is 5.94. The van der Waals surface area contributed by atoms with Crippen LogP contribution in [0.15, 0.2) is 77.4 Å². The quantitative estimate of drug-likeness (QED) is 0.335. The first-order valence-electron chi connectivity index (χ1n) is 11.1. The van der Waals surface area contributed by atoms with Crippen molar-refractivity contribution in [2.75, 3.05) is 13.7 Å². The molecular formula is C29H29NO3. The summed E-state index contributed by atoms with van der Waals surface area (Å²) < 4.78 is 11.7. The van der Waals surface area contributed by atoms with E-state index in [1.165, 1.54) is 11.1 Å². The Hall–Kier alpha value is -3.79. The Morgan fingerprint density at radius 3 is 2.48 bits per heavy atom. The first-order chi connectivity index (χ1) is 16.0. The number of rotatable bonds is 7. The molecule has 0 bridgehead atoms. The fraction of sp³-hybridized carbons (Fsp3) is 0.207. The summed E-state index contributed by atoms with van der Waals surface area (Å²) in [4.78, 5) is 12.6. The molecule has 0 fully saturated rings. The molecule has 0 aliphatic carbocycles. The van der Waals surface area contributed by atoms with Crippen LogP contribution in [-0.4, -0.2) is 19.6 Å². The molecule has 0 radical (unpaired) electrons. The van der Waals surface area contributed by atoms with E-state index in [0.29, 0.717) is 6.54 Å². The normalized spacial score (nSPS) is 11.6. The molecule has 0 saturated carbocycles. The fourth-order valence-corrected chi connectivity index (χ4v) is 4.13. The Bertz CT molecular complexity index is 1300. The monoisotopic (exact) mass is 439 g/mol. The van der Waals surface area contributed by atoms with E-state index in [0.717, 1.165) is 51.0 Å². The lowest BCUT2D eigenvalue weighted by molar-refractivity contribution is -0.116. The topological polar surface area (TPSA) is 51.5 Å². The standard InChI is InChI=1S/C29H29NO3/c1-19-10-12-23(13-11-19)26-18-33-29-21(3)28(32-4)24(17-25(26)29)20(2)16-27(31)30-15-14-22-8-6-5-7-9-22/h5-13,16-18H,14-15H2,1-4H3,(H,30,31)/b20-16+. The minimum Gasteiger partial charge on any atom is -0.496 e. The zero-order valence-electron chi connectivity index (χ0n) is 19.6. The van der Waals surface area contributed by atoms with E-state index in [-0.39, 0.29) is 5.91 Å². The lowest BCUT2D eigenvalue weighted by Gasteiger charge is -2.13. The van der Waals surface area contributed by atoms with Gasteiger partial charge in [0.15, 0.2) is 0 Å². The number of benzene rings is 3. The summed E-state index contributed by atoms with van der Waals surface area (Å²) in [5.74, 6) is 0.604. The summed E-state index contributed by atoms with van der Waals surface area (Å²) in [6.07, 6.45) is 4.23. The van der Waals surface area contributed by atoms with Crippen LogP contribution < -0.4 is 10.1 Å². The number of ether oxygens (including phenoxy) is 1. The lowest BCUT2D eigenvalue weighted by Crippen LogP contribution is -2.23. The molecule has 0 unspecified atom stereocenters. The van der Waals surface area contributed by atoms with Crippen LogP contribution in [-0.2, 0) is 11.2 Å². The molecule has 0 aliphatic heterocycles. The summed E-state index contributed by atoms with van der Waals surface area (Å²) in [6.45, 7) is 6.58. The van der Waals surface area contributed by atoms with E-state index >= 15 is 0 Å². The van der Waals surface area contributed by atoms with Crippen LogP contribution in [0.2, 0.25) is 0 Å². The minimum atomic E-state index is -0.116. The molecule has 0 atom stereocenters. The van der Waals surface area contributed by atoms with Gasteiger partial charge in [0.1, 0.15) is 11.3 Å². The maximum absolute atomic E-state index is 12.6. The molecule has 33 heavy (non-hydrogen) atoms. The van der Waals surface area contributed by atoms with Crippen LogP contribution in [0.4, 0.5) is 0 Å². The van der Waals surface area contributed by atoms with Crippen molar-refractivity contribution in [1.82, 2.24) is 5.32 Å². The molecule has 4 nitrogen and oxygen atoms in total. The maximum atomic E-state index is 12.6. The fourth-order valence-electron chi connectivity index (χ4n) is 4.13. The van der Waals surface area contributed by atoms with Crippen LogP contribution in [0.25, 0.3) is 27.7 Å². The average Bonchev–Trinajstić information content (AvgIpc) is 3.24. The molecule has 4 rings (SSSR count). The van der Waals surface area contributed by atoms with Crippen molar-refractivity contribution in [3.8, 4) is 16.9 Å². The Balaban J connectivity index is 1.63. The Morgan fingerprint density at radius 2 is 1.79 bits per heavy atom. The van der Waals surface area contributed by atoms with Crippen molar-refractivity contribution in [1.29, 1.82) is 0 Å². The third kappa shape index (κ3) is 4.85. The zero-order chi connectivity index (χ0) is 23.4. The Kier molecular flexibility index (Phi) is 6.64. The minimum absolute atomic E-state index is 0.116. The van der Waals surface area contributed by atoms with Gasteiger partial charge in [0.25, 0.3) is 0 Å². The van der Waals surface area contributed by atoms with E-state index in [2.05, 4.69) is 54.7 Å². The molecule has 3 aromatic carbocycles. The second-order valence-electron chi connectivity index (χ2n) is 8.33. The van der Waals surface area contributed by atoms with Gasteiger partial charge >= 0.3 is 0 Å². The molecule has 1 amide bonds. The SMILES string of the molecule is COc1c(/C(C)=C/C(=O)NCCc2ccccc2)cc2c(-c3ccc(C)cc3)coc2c1C. The van der Waals surface area contributed by atoms with Crippen molar-refractivity contribution in [2.24, 2.45) is 0 Å². The Morgan fingerprint density at radius 1 is 1.06 bits per heavy atom. The summed E-state index contributed by atoms with van der Waals surface area (Å²) in [5.41, 5.74) is 7.96. The smallest absolute Gasteiger partial charge is 0.244 e. The molecule has 0 saturated heterocycles. The molecular weight excluding hydrogens is 410 g/mol. The van der Waals surface area contributed by atoms with Gasteiger partial charge in [-0.1, -0.05) is 60.2 Å². The van der Waals surface area contributed by atoms with Gasteiger partial charge in [-0.25, -0.2) is 0 Å². The summed E-state index contributed by atoms with van der Waals surface area (Å²) >= 11 is 0. The molecule has 4 heteroatoms. The highest BCUT2D eigenvalue weighted by Gasteiger charge is 2.18.